The number of piperazine rings is 1. The number of carbonyl (C=O) groups is 1. The van der Waals surface area contributed by atoms with E-state index in [0.29, 0.717) is 13.1 Å². The van der Waals surface area contributed by atoms with E-state index in [9.17, 15) is 4.79 Å². The van der Waals surface area contributed by atoms with Gasteiger partial charge >= 0.3 is 0 Å². The molecule has 1 saturated heterocycles. The van der Waals surface area contributed by atoms with Gasteiger partial charge in [0.15, 0.2) is 0 Å². The molecular formula is C14H21N3O. The van der Waals surface area contributed by atoms with Gasteiger partial charge in [0.25, 0.3) is 0 Å². The normalized spacial score (nSPS) is 21.4. The molecule has 0 spiro atoms. The zero-order valence-corrected chi connectivity index (χ0v) is 11.0. The molecule has 2 rings (SSSR count). The fourth-order valence-corrected chi connectivity index (χ4v) is 2.58. The Bertz CT molecular complexity index is 416. The number of hydrogen-bond acceptors (Lipinski definition) is 3. The first-order valence-corrected chi connectivity index (χ1v) is 6.37. The number of benzene rings is 1. The van der Waals surface area contributed by atoms with Gasteiger partial charge in [-0.2, -0.15) is 0 Å². The third-order valence-corrected chi connectivity index (χ3v) is 3.70. The van der Waals surface area contributed by atoms with Crippen molar-refractivity contribution in [3.63, 3.8) is 0 Å². The van der Waals surface area contributed by atoms with Crippen molar-refractivity contribution in [1.29, 1.82) is 0 Å². The molecule has 1 aliphatic rings. The number of nitrogens with zero attached hydrogens (tertiary/aromatic N) is 1. The number of nitrogens with two attached hydrogens (primary N) is 1. The van der Waals surface area contributed by atoms with Crippen LogP contribution in [-0.4, -0.2) is 36.0 Å². The summed E-state index contributed by atoms with van der Waals surface area (Å²) < 4.78 is 0. The first-order chi connectivity index (χ1) is 8.57. The molecule has 1 aliphatic heterocycles. The standard InChI is InChI=1S/C14H21N3O/c1-14(2)13(18)16-8-9-17(14)12(10-15)11-6-4-3-5-7-11/h3-7,12H,8-10,15H2,1-2H3,(H,16,18). The van der Waals surface area contributed by atoms with Crippen LogP contribution in [0.5, 0.6) is 0 Å². The lowest BCUT2D eigenvalue weighted by Crippen LogP contribution is -2.63. The van der Waals surface area contributed by atoms with Crippen molar-refractivity contribution < 1.29 is 4.79 Å². The van der Waals surface area contributed by atoms with Crippen molar-refractivity contribution in [1.82, 2.24) is 10.2 Å². The first kappa shape index (κ1) is 13.1. The third-order valence-electron chi connectivity index (χ3n) is 3.70. The number of nitrogens with one attached hydrogen (secondary N) is 1. The van der Waals surface area contributed by atoms with Crippen LogP contribution in [0.4, 0.5) is 0 Å². The van der Waals surface area contributed by atoms with E-state index in [1.165, 1.54) is 5.56 Å². The van der Waals surface area contributed by atoms with Crippen LogP contribution in [0.3, 0.4) is 0 Å². The Morgan fingerprint density at radius 2 is 2.06 bits per heavy atom. The molecule has 1 amide bonds. The molecule has 4 heteroatoms. The minimum absolute atomic E-state index is 0.0723. The molecule has 1 unspecified atom stereocenters. The molecule has 1 aromatic carbocycles. The maximum absolute atomic E-state index is 12.0. The highest BCUT2D eigenvalue weighted by Gasteiger charge is 2.41. The fraction of sp³-hybridized carbons (Fsp3) is 0.500. The predicted molar refractivity (Wildman–Crippen MR) is 72.0 cm³/mol. The van der Waals surface area contributed by atoms with E-state index in [0.717, 1.165) is 6.54 Å². The molecule has 1 heterocycles. The van der Waals surface area contributed by atoms with Crippen LogP contribution >= 0.6 is 0 Å². The van der Waals surface area contributed by atoms with Crippen LogP contribution < -0.4 is 11.1 Å². The summed E-state index contributed by atoms with van der Waals surface area (Å²) in [6.45, 7) is 5.93. The van der Waals surface area contributed by atoms with Gasteiger partial charge in [-0.1, -0.05) is 30.3 Å². The Kier molecular flexibility index (Phi) is 3.68. The van der Waals surface area contributed by atoms with E-state index in [2.05, 4.69) is 22.3 Å². The lowest BCUT2D eigenvalue weighted by molar-refractivity contribution is -0.137. The second-order valence-electron chi connectivity index (χ2n) is 5.17. The summed E-state index contributed by atoms with van der Waals surface area (Å²) in [6.07, 6.45) is 0. The van der Waals surface area contributed by atoms with Gasteiger partial charge in [-0.25, -0.2) is 0 Å². The molecule has 98 valence electrons. The molecular weight excluding hydrogens is 226 g/mol. The lowest BCUT2D eigenvalue weighted by atomic mass is 9.93. The number of rotatable bonds is 3. The van der Waals surface area contributed by atoms with Gasteiger partial charge in [-0.15, -0.1) is 0 Å². The Labute approximate surface area is 108 Å². The number of amides is 1. The SMILES string of the molecule is CC1(C)C(=O)NCCN1C(CN)c1ccccc1. The molecule has 0 radical (unpaired) electrons. The van der Waals surface area contributed by atoms with Gasteiger partial charge < -0.3 is 11.1 Å². The molecule has 0 aromatic heterocycles. The van der Waals surface area contributed by atoms with Gasteiger partial charge in [0.2, 0.25) is 5.91 Å². The minimum atomic E-state index is -0.516. The van der Waals surface area contributed by atoms with E-state index in [-0.39, 0.29) is 11.9 Å². The summed E-state index contributed by atoms with van der Waals surface area (Å²) in [6, 6.07) is 10.2. The molecule has 1 atom stereocenters. The molecule has 1 aromatic rings. The second-order valence-corrected chi connectivity index (χ2v) is 5.17. The number of hydrogen-bond donors (Lipinski definition) is 2. The van der Waals surface area contributed by atoms with E-state index in [4.69, 9.17) is 5.73 Å². The monoisotopic (exact) mass is 247 g/mol. The summed E-state index contributed by atoms with van der Waals surface area (Å²) in [4.78, 5) is 14.2. The second kappa shape index (κ2) is 5.08. The minimum Gasteiger partial charge on any atom is -0.353 e. The quantitative estimate of drug-likeness (QED) is 0.834. The van der Waals surface area contributed by atoms with Crippen LogP contribution in [0.1, 0.15) is 25.5 Å². The van der Waals surface area contributed by atoms with Crippen LogP contribution in [-0.2, 0) is 4.79 Å². The predicted octanol–water partition coefficient (Wildman–Crippen LogP) is 0.897. The molecule has 4 nitrogen and oxygen atoms in total. The van der Waals surface area contributed by atoms with Gasteiger partial charge in [0, 0.05) is 25.7 Å². The van der Waals surface area contributed by atoms with Gasteiger partial charge in [-0.05, 0) is 19.4 Å². The zero-order valence-electron chi connectivity index (χ0n) is 11.0. The highest BCUT2D eigenvalue weighted by Crippen LogP contribution is 2.29. The summed E-state index contributed by atoms with van der Waals surface area (Å²) >= 11 is 0. The molecule has 18 heavy (non-hydrogen) atoms. The molecule has 3 N–H and O–H groups in total. The summed E-state index contributed by atoms with van der Waals surface area (Å²) in [5, 5.41) is 2.91. The van der Waals surface area contributed by atoms with E-state index in [1.54, 1.807) is 0 Å². The summed E-state index contributed by atoms with van der Waals surface area (Å²) in [5.41, 5.74) is 6.58. The third kappa shape index (κ3) is 2.26. The van der Waals surface area contributed by atoms with Crippen LogP contribution in [0, 0.1) is 0 Å². The topological polar surface area (TPSA) is 58.4 Å². The summed E-state index contributed by atoms with van der Waals surface area (Å²) in [7, 11) is 0. The van der Waals surface area contributed by atoms with Gasteiger partial charge in [-0.3, -0.25) is 9.69 Å². The Morgan fingerprint density at radius 1 is 1.39 bits per heavy atom. The fourth-order valence-electron chi connectivity index (χ4n) is 2.58. The Hall–Kier alpha value is -1.39. The van der Waals surface area contributed by atoms with Crippen molar-refractivity contribution in [2.45, 2.75) is 25.4 Å². The van der Waals surface area contributed by atoms with Crippen LogP contribution in [0.2, 0.25) is 0 Å². The first-order valence-electron chi connectivity index (χ1n) is 6.37. The van der Waals surface area contributed by atoms with E-state index >= 15 is 0 Å². The lowest BCUT2D eigenvalue weighted by Gasteiger charge is -2.45. The molecule has 1 fully saturated rings. The molecule has 0 aliphatic carbocycles. The average Bonchev–Trinajstić information content (AvgIpc) is 2.37. The maximum Gasteiger partial charge on any atom is 0.240 e. The van der Waals surface area contributed by atoms with Gasteiger partial charge in [0.1, 0.15) is 0 Å². The number of carbonyl (C=O) groups excluding carboxylic acids is 1. The summed E-state index contributed by atoms with van der Waals surface area (Å²) in [5.74, 6) is 0.0723. The average molecular weight is 247 g/mol. The van der Waals surface area contributed by atoms with Crippen molar-refractivity contribution >= 4 is 5.91 Å². The highest BCUT2D eigenvalue weighted by atomic mass is 16.2. The van der Waals surface area contributed by atoms with E-state index < -0.39 is 5.54 Å². The Morgan fingerprint density at radius 3 is 2.67 bits per heavy atom. The van der Waals surface area contributed by atoms with Gasteiger partial charge in [0.05, 0.1) is 5.54 Å². The van der Waals surface area contributed by atoms with E-state index in [1.807, 2.05) is 32.0 Å². The van der Waals surface area contributed by atoms with Crippen LogP contribution in [0.15, 0.2) is 30.3 Å². The molecule has 0 saturated carbocycles. The highest BCUT2D eigenvalue weighted by molar-refractivity contribution is 5.86. The van der Waals surface area contributed by atoms with Crippen molar-refractivity contribution in [2.24, 2.45) is 5.73 Å². The van der Waals surface area contributed by atoms with Crippen molar-refractivity contribution in [3.05, 3.63) is 35.9 Å². The smallest absolute Gasteiger partial charge is 0.240 e. The maximum atomic E-state index is 12.0. The zero-order chi connectivity index (χ0) is 13.2. The largest absolute Gasteiger partial charge is 0.353 e. The van der Waals surface area contributed by atoms with Crippen molar-refractivity contribution in [2.75, 3.05) is 19.6 Å². The molecule has 0 bridgehead atoms. The van der Waals surface area contributed by atoms with Crippen molar-refractivity contribution in [3.8, 4) is 0 Å². The Balaban J connectivity index is 2.30. The van der Waals surface area contributed by atoms with Crippen LogP contribution in [0.25, 0.3) is 0 Å².